The molecular formula is C8H9N5O. The number of aromatic nitrogens is 4. The number of nitrogens with two attached hydrogens (primary N) is 1. The van der Waals surface area contributed by atoms with Gasteiger partial charge >= 0.3 is 0 Å². The zero-order chi connectivity index (χ0) is 9.97. The Bertz CT molecular complexity index is 476. The lowest BCUT2D eigenvalue weighted by Crippen LogP contribution is -1.97. The first-order valence-corrected chi connectivity index (χ1v) is 4.03. The van der Waals surface area contributed by atoms with Crippen LogP contribution < -0.4 is 5.73 Å². The molecule has 0 aliphatic heterocycles. The first kappa shape index (κ1) is 8.49. The van der Waals surface area contributed by atoms with Gasteiger partial charge in [0.15, 0.2) is 11.5 Å². The number of rotatable bonds is 2. The van der Waals surface area contributed by atoms with Crippen molar-refractivity contribution in [3.8, 4) is 0 Å². The maximum atomic E-state index is 8.52. The van der Waals surface area contributed by atoms with Gasteiger partial charge in [-0.25, -0.2) is 15.0 Å². The van der Waals surface area contributed by atoms with Gasteiger partial charge in [-0.3, -0.25) is 0 Å². The minimum Gasteiger partial charge on any atom is -0.516 e. The van der Waals surface area contributed by atoms with Crippen molar-refractivity contribution in [2.45, 2.75) is 6.54 Å². The van der Waals surface area contributed by atoms with Crippen LogP contribution in [0.1, 0.15) is 0 Å². The summed E-state index contributed by atoms with van der Waals surface area (Å²) in [6.45, 7) is 0.503. The van der Waals surface area contributed by atoms with Crippen molar-refractivity contribution >= 4 is 17.0 Å². The van der Waals surface area contributed by atoms with E-state index in [9.17, 15) is 0 Å². The summed E-state index contributed by atoms with van der Waals surface area (Å²) in [5.74, 6) is 0.363. The molecule has 0 amide bonds. The molecular weight excluding hydrogens is 182 g/mol. The van der Waals surface area contributed by atoms with Gasteiger partial charge in [0.05, 0.1) is 12.6 Å². The fourth-order valence-electron chi connectivity index (χ4n) is 1.19. The molecule has 14 heavy (non-hydrogen) atoms. The number of imidazole rings is 1. The molecule has 2 aromatic rings. The van der Waals surface area contributed by atoms with Crippen LogP contribution >= 0.6 is 0 Å². The van der Waals surface area contributed by atoms with Crippen molar-refractivity contribution in [2.24, 2.45) is 0 Å². The molecule has 2 heterocycles. The summed E-state index contributed by atoms with van der Waals surface area (Å²) in [5.41, 5.74) is 6.85. The van der Waals surface area contributed by atoms with Crippen LogP contribution in [0.3, 0.4) is 0 Å². The van der Waals surface area contributed by atoms with Crippen LogP contribution in [0.4, 0.5) is 5.82 Å². The Kier molecular flexibility index (Phi) is 2.02. The van der Waals surface area contributed by atoms with Crippen LogP contribution in [-0.4, -0.2) is 24.6 Å². The van der Waals surface area contributed by atoms with Gasteiger partial charge in [0, 0.05) is 6.54 Å². The third kappa shape index (κ3) is 1.26. The van der Waals surface area contributed by atoms with E-state index in [0.29, 0.717) is 23.5 Å². The van der Waals surface area contributed by atoms with Crippen LogP contribution in [0.5, 0.6) is 0 Å². The zero-order valence-corrected chi connectivity index (χ0v) is 7.33. The Morgan fingerprint density at radius 2 is 2.29 bits per heavy atom. The lowest BCUT2D eigenvalue weighted by Gasteiger charge is -1.97. The molecule has 0 saturated carbocycles. The van der Waals surface area contributed by atoms with Gasteiger partial charge in [-0.05, 0) is 6.08 Å². The molecule has 0 atom stereocenters. The molecule has 3 N–H and O–H groups in total. The molecule has 0 aliphatic carbocycles. The number of allylic oxidation sites excluding steroid dienone is 1. The van der Waals surface area contributed by atoms with E-state index in [4.69, 9.17) is 10.8 Å². The van der Waals surface area contributed by atoms with E-state index in [1.54, 1.807) is 17.0 Å². The van der Waals surface area contributed by atoms with E-state index < -0.39 is 0 Å². The summed E-state index contributed by atoms with van der Waals surface area (Å²) < 4.78 is 1.76. The molecule has 0 aliphatic rings. The molecule has 0 fully saturated rings. The molecule has 2 aromatic heterocycles. The second-order valence-corrected chi connectivity index (χ2v) is 2.71. The summed E-state index contributed by atoms with van der Waals surface area (Å²) in [5, 5.41) is 8.52. The molecule has 72 valence electrons. The number of nitrogen functional groups attached to an aromatic ring is 1. The number of aliphatic hydroxyl groups is 1. The Balaban J connectivity index is 2.52. The monoisotopic (exact) mass is 191 g/mol. The Morgan fingerprint density at radius 3 is 3.07 bits per heavy atom. The third-order valence-electron chi connectivity index (χ3n) is 1.84. The van der Waals surface area contributed by atoms with E-state index in [1.807, 2.05) is 0 Å². The molecule has 2 rings (SSSR count). The molecule has 6 heteroatoms. The van der Waals surface area contributed by atoms with Crippen molar-refractivity contribution in [2.75, 3.05) is 5.73 Å². The van der Waals surface area contributed by atoms with Crippen molar-refractivity contribution < 1.29 is 5.11 Å². The van der Waals surface area contributed by atoms with E-state index in [-0.39, 0.29) is 0 Å². The second-order valence-electron chi connectivity index (χ2n) is 2.71. The average molecular weight is 191 g/mol. The fraction of sp³-hybridized carbons (Fsp3) is 0.125. The number of aliphatic hydroxyl groups excluding tert-OH is 1. The Hall–Kier alpha value is -2.11. The molecule has 0 unspecified atom stereocenters. The largest absolute Gasteiger partial charge is 0.516 e. The van der Waals surface area contributed by atoms with Gasteiger partial charge in [0.25, 0.3) is 0 Å². The molecule has 0 spiro atoms. The summed E-state index contributed by atoms with van der Waals surface area (Å²) >= 11 is 0. The predicted octanol–water partition coefficient (Wildman–Crippen LogP) is 0.480. The Morgan fingerprint density at radius 1 is 1.43 bits per heavy atom. The van der Waals surface area contributed by atoms with Crippen molar-refractivity contribution in [1.29, 1.82) is 0 Å². The van der Waals surface area contributed by atoms with Crippen molar-refractivity contribution in [3.05, 3.63) is 25.0 Å². The molecule has 0 radical (unpaired) electrons. The van der Waals surface area contributed by atoms with Gasteiger partial charge in [0.1, 0.15) is 11.8 Å². The van der Waals surface area contributed by atoms with E-state index in [1.165, 1.54) is 6.33 Å². The number of hydrogen-bond donors (Lipinski definition) is 2. The van der Waals surface area contributed by atoms with E-state index >= 15 is 0 Å². The van der Waals surface area contributed by atoms with Crippen molar-refractivity contribution in [1.82, 2.24) is 19.5 Å². The van der Waals surface area contributed by atoms with Crippen molar-refractivity contribution in [3.63, 3.8) is 0 Å². The van der Waals surface area contributed by atoms with Crippen LogP contribution in [0.15, 0.2) is 25.0 Å². The van der Waals surface area contributed by atoms with Gasteiger partial charge in [0.2, 0.25) is 0 Å². The van der Waals surface area contributed by atoms with Gasteiger partial charge < -0.3 is 15.4 Å². The molecule has 0 saturated heterocycles. The highest BCUT2D eigenvalue weighted by Crippen LogP contribution is 2.13. The lowest BCUT2D eigenvalue weighted by atomic mass is 10.5. The standard InChI is InChI=1S/C8H9N5O/c9-7-6-8(11-4-10-7)13(5-12-6)2-1-3-14/h1,3-5,14H,2H2,(H2,9,10,11). The first-order valence-electron chi connectivity index (χ1n) is 4.03. The third-order valence-corrected chi connectivity index (χ3v) is 1.84. The predicted molar refractivity (Wildman–Crippen MR) is 51.5 cm³/mol. The second kappa shape index (κ2) is 3.33. The molecule has 6 nitrogen and oxygen atoms in total. The van der Waals surface area contributed by atoms with E-state index in [2.05, 4.69) is 15.0 Å². The van der Waals surface area contributed by atoms with Crippen LogP contribution in [0.2, 0.25) is 0 Å². The first-order chi connectivity index (χ1) is 6.83. The van der Waals surface area contributed by atoms with Gasteiger partial charge in [-0.15, -0.1) is 0 Å². The maximum absolute atomic E-state index is 8.52. The normalized spacial score (nSPS) is 11.4. The highest BCUT2D eigenvalue weighted by atomic mass is 16.2. The summed E-state index contributed by atoms with van der Waals surface area (Å²) in [7, 11) is 0. The zero-order valence-electron chi connectivity index (χ0n) is 7.33. The van der Waals surface area contributed by atoms with Crippen LogP contribution in [-0.2, 0) is 6.54 Å². The maximum Gasteiger partial charge on any atom is 0.165 e. The average Bonchev–Trinajstić information content (AvgIpc) is 2.60. The van der Waals surface area contributed by atoms with Gasteiger partial charge in [-0.2, -0.15) is 0 Å². The number of hydrogen-bond acceptors (Lipinski definition) is 5. The van der Waals surface area contributed by atoms with Crippen LogP contribution in [0.25, 0.3) is 11.2 Å². The quantitative estimate of drug-likeness (QED) is 0.674. The molecule has 0 aromatic carbocycles. The number of anilines is 1. The SMILES string of the molecule is Nc1ncnc2c1ncn2CC=CO. The summed E-state index contributed by atoms with van der Waals surface area (Å²) in [4.78, 5) is 11.9. The topological polar surface area (TPSA) is 89.9 Å². The highest BCUT2D eigenvalue weighted by molar-refractivity contribution is 5.81. The minimum atomic E-state index is 0.363. The molecule has 0 bridgehead atoms. The smallest absolute Gasteiger partial charge is 0.165 e. The summed E-state index contributed by atoms with van der Waals surface area (Å²) in [6, 6.07) is 0. The highest BCUT2D eigenvalue weighted by Gasteiger charge is 2.05. The number of fused-ring (bicyclic) bond motifs is 1. The Labute approximate surface area is 79.7 Å². The van der Waals surface area contributed by atoms with E-state index in [0.717, 1.165) is 6.26 Å². The number of nitrogens with zero attached hydrogens (tertiary/aromatic N) is 4. The van der Waals surface area contributed by atoms with Gasteiger partial charge in [-0.1, -0.05) is 0 Å². The minimum absolute atomic E-state index is 0.363. The lowest BCUT2D eigenvalue weighted by molar-refractivity contribution is 0.469. The van der Waals surface area contributed by atoms with Crippen LogP contribution in [0, 0.1) is 0 Å². The fourth-order valence-corrected chi connectivity index (χ4v) is 1.19. The summed E-state index contributed by atoms with van der Waals surface area (Å²) in [6.07, 6.45) is 5.56.